The Balaban J connectivity index is 3.03. The van der Waals surface area contributed by atoms with Crippen molar-refractivity contribution in [3.05, 3.63) is 0 Å². The van der Waals surface area contributed by atoms with Gasteiger partial charge in [-0.15, -0.1) is 0 Å². The van der Waals surface area contributed by atoms with Crippen LogP contribution in [0.5, 0.6) is 0 Å². The zero-order valence-corrected chi connectivity index (χ0v) is 9.84. The Kier molecular flexibility index (Phi) is 2.46. The Bertz CT molecular complexity index is 279. The van der Waals surface area contributed by atoms with Gasteiger partial charge in [-0.25, -0.2) is 4.79 Å². The maximum absolute atomic E-state index is 11.1. The van der Waals surface area contributed by atoms with Crippen molar-refractivity contribution in [3.8, 4) is 0 Å². The molecular formula is C11H19NO2. The molecule has 0 aromatic rings. The molecule has 0 aromatic heterocycles. The summed E-state index contributed by atoms with van der Waals surface area (Å²) in [6.07, 6.45) is -0.634. The lowest BCUT2D eigenvalue weighted by atomic mass is 9.77. The molecule has 3 nitrogen and oxygen atoms in total. The van der Waals surface area contributed by atoms with Gasteiger partial charge < -0.3 is 4.74 Å². The number of aliphatic imine (C=N–C) groups is 1. The van der Waals surface area contributed by atoms with E-state index in [9.17, 15) is 4.79 Å². The van der Waals surface area contributed by atoms with Crippen molar-refractivity contribution < 1.29 is 9.53 Å². The molecule has 1 amide bonds. The fourth-order valence-corrected chi connectivity index (χ4v) is 1.49. The van der Waals surface area contributed by atoms with Crippen molar-refractivity contribution in [2.75, 3.05) is 0 Å². The number of cyclic esters (lactones) is 1. The quantitative estimate of drug-likeness (QED) is 0.598. The summed E-state index contributed by atoms with van der Waals surface area (Å²) in [5.41, 5.74) is 0.664. The van der Waals surface area contributed by atoms with E-state index in [1.807, 2.05) is 20.8 Å². The number of carbonyl (C=O) groups is 1. The second-order valence-electron chi connectivity index (χ2n) is 5.88. The van der Waals surface area contributed by atoms with Crippen LogP contribution in [-0.2, 0) is 4.74 Å². The molecule has 1 heterocycles. The lowest BCUT2D eigenvalue weighted by Crippen LogP contribution is -2.39. The van der Waals surface area contributed by atoms with Gasteiger partial charge in [0.15, 0.2) is 0 Å². The highest BCUT2D eigenvalue weighted by Gasteiger charge is 2.42. The number of nitrogens with zero attached hydrogens (tertiary/aromatic N) is 1. The minimum Gasteiger partial charge on any atom is -0.438 e. The molecule has 1 unspecified atom stereocenters. The third kappa shape index (κ3) is 2.14. The van der Waals surface area contributed by atoms with Crippen molar-refractivity contribution in [2.45, 2.75) is 47.6 Å². The lowest BCUT2D eigenvalue weighted by molar-refractivity contribution is 0.0885. The van der Waals surface area contributed by atoms with Crippen LogP contribution < -0.4 is 0 Å². The molecule has 1 rings (SSSR count). The van der Waals surface area contributed by atoms with Gasteiger partial charge in [-0.1, -0.05) is 41.5 Å². The fraction of sp³-hybridized carbons (Fsp3) is 0.818. The van der Waals surface area contributed by atoms with Crippen LogP contribution in [0, 0.1) is 10.8 Å². The molecule has 0 aliphatic carbocycles. The van der Waals surface area contributed by atoms with E-state index in [0.29, 0.717) is 0 Å². The fourth-order valence-electron chi connectivity index (χ4n) is 1.49. The van der Waals surface area contributed by atoms with Crippen LogP contribution in [0.2, 0.25) is 0 Å². The molecule has 80 valence electrons. The van der Waals surface area contributed by atoms with E-state index < -0.39 is 6.09 Å². The minimum absolute atomic E-state index is 0.0850. The van der Waals surface area contributed by atoms with Crippen molar-refractivity contribution in [1.29, 1.82) is 0 Å². The first-order chi connectivity index (χ1) is 6.12. The maximum Gasteiger partial charge on any atom is 0.434 e. The second-order valence-corrected chi connectivity index (χ2v) is 5.88. The number of ether oxygens (including phenoxy) is 1. The molecule has 1 aliphatic rings. The summed E-state index contributed by atoms with van der Waals surface area (Å²) in [7, 11) is 0. The average molecular weight is 197 g/mol. The number of hydrogen-bond donors (Lipinski definition) is 0. The second kappa shape index (κ2) is 3.07. The minimum atomic E-state index is -0.449. The predicted molar refractivity (Wildman–Crippen MR) is 56.6 cm³/mol. The van der Waals surface area contributed by atoms with Gasteiger partial charge in [-0.05, 0) is 0 Å². The molecule has 1 atom stereocenters. The van der Waals surface area contributed by atoms with E-state index in [0.717, 1.165) is 5.71 Å². The molecule has 0 radical (unpaired) electrons. The van der Waals surface area contributed by atoms with E-state index in [2.05, 4.69) is 25.8 Å². The van der Waals surface area contributed by atoms with Crippen LogP contribution in [0.1, 0.15) is 41.5 Å². The molecule has 0 saturated heterocycles. The van der Waals surface area contributed by atoms with Crippen LogP contribution in [0.25, 0.3) is 0 Å². The molecule has 0 spiro atoms. The number of carbonyl (C=O) groups excluding carboxylic acids is 1. The van der Waals surface area contributed by atoms with Gasteiger partial charge in [-0.2, -0.15) is 4.99 Å². The Labute approximate surface area is 85.6 Å². The number of amides is 1. The summed E-state index contributed by atoms with van der Waals surface area (Å²) in [4.78, 5) is 15.1. The summed E-state index contributed by atoms with van der Waals surface area (Å²) in [5, 5.41) is 0. The molecule has 14 heavy (non-hydrogen) atoms. The highest BCUT2D eigenvalue weighted by Crippen LogP contribution is 2.34. The van der Waals surface area contributed by atoms with E-state index >= 15 is 0 Å². The standard InChI is InChI=1S/C11H19NO2/c1-10(2,3)7-8(11(4,5)6)14-9(13)12-7/h8H,1-6H3. The smallest absolute Gasteiger partial charge is 0.434 e. The van der Waals surface area contributed by atoms with Gasteiger partial charge in [-0.3, -0.25) is 0 Å². The first kappa shape index (κ1) is 11.2. The molecule has 0 fully saturated rings. The van der Waals surface area contributed by atoms with Crippen LogP contribution in [0.4, 0.5) is 4.79 Å². The van der Waals surface area contributed by atoms with Crippen LogP contribution in [-0.4, -0.2) is 17.9 Å². The normalized spacial score (nSPS) is 23.4. The van der Waals surface area contributed by atoms with Gasteiger partial charge in [0, 0.05) is 10.8 Å². The average Bonchev–Trinajstić information content (AvgIpc) is 2.27. The molecule has 1 aliphatic heterocycles. The zero-order chi connectivity index (χ0) is 11.1. The summed E-state index contributed by atoms with van der Waals surface area (Å²) in [6.45, 7) is 12.3. The number of rotatable bonds is 0. The third-order valence-corrected chi connectivity index (χ3v) is 2.23. The maximum atomic E-state index is 11.1. The summed E-state index contributed by atoms with van der Waals surface area (Å²) in [5.74, 6) is 0. The number of hydrogen-bond acceptors (Lipinski definition) is 2. The first-order valence-corrected chi connectivity index (χ1v) is 4.92. The first-order valence-electron chi connectivity index (χ1n) is 4.92. The van der Waals surface area contributed by atoms with Gasteiger partial charge in [0.25, 0.3) is 0 Å². The van der Waals surface area contributed by atoms with Crippen LogP contribution in [0.3, 0.4) is 0 Å². The van der Waals surface area contributed by atoms with Crippen molar-refractivity contribution >= 4 is 11.8 Å². The van der Waals surface area contributed by atoms with Gasteiger partial charge in [0.05, 0.1) is 5.71 Å². The predicted octanol–water partition coefficient (Wildman–Crippen LogP) is 3.04. The molecular weight excluding hydrogens is 178 g/mol. The molecule has 0 N–H and O–H groups in total. The zero-order valence-electron chi connectivity index (χ0n) is 9.84. The van der Waals surface area contributed by atoms with Gasteiger partial charge >= 0.3 is 6.09 Å². The highest BCUT2D eigenvalue weighted by molar-refractivity contribution is 6.04. The van der Waals surface area contributed by atoms with E-state index in [-0.39, 0.29) is 16.9 Å². The SMILES string of the molecule is CC(C)(C)C1=NC(=O)OC1C(C)(C)C. The molecule has 0 bridgehead atoms. The van der Waals surface area contributed by atoms with E-state index in [4.69, 9.17) is 4.74 Å². The molecule has 3 heteroatoms. The van der Waals surface area contributed by atoms with Crippen molar-refractivity contribution in [3.63, 3.8) is 0 Å². The van der Waals surface area contributed by atoms with Gasteiger partial charge in [0.1, 0.15) is 6.10 Å². The summed E-state index contributed by atoms with van der Waals surface area (Å²) < 4.78 is 5.22. The van der Waals surface area contributed by atoms with Gasteiger partial charge in [0.2, 0.25) is 0 Å². The Morgan fingerprint density at radius 2 is 1.64 bits per heavy atom. The Hall–Kier alpha value is -0.860. The van der Waals surface area contributed by atoms with Crippen LogP contribution in [0.15, 0.2) is 4.99 Å². The van der Waals surface area contributed by atoms with Crippen LogP contribution >= 0.6 is 0 Å². The van der Waals surface area contributed by atoms with Crippen molar-refractivity contribution in [2.24, 2.45) is 15.8 Å². The topological polar surface area (TPSA) is 38.7 Å². The Morgan fingerprint density at radius 1 is 1.14 bits per heavy atom. The summed E-state index contributed by atoms with van der Waals surface area (Å²) >= 11 is 0. The molecule has 0 saturated carbocycles. The third-order valence-electron chi connectivity index (χ3n) is 2.23. The lowest BCUT2D eigenvalue weighted by Gasteiger charge is -2.31. The molecule has 0 aromatic carbocycles. The van der Waals surface area contributed by atoms with E-state index in [1.54, 1.807) is 0 Å². The largest absolute Gasteiger partial charge is 0.438 e. The van der Waals surface area contributed by atoms with E-state index in [1.165, 1.54) is 0 Å². The van der Waals surface area contributed by atoms with Crippen molar-refractivity contribution in [1.82, 2.24) is 0 Å². The highest BCUT2D eigenvalue weighted by atomic mass is 16.6. The Morgan fingerprint density at radius 3 is 1.93 bits per heavy atom. The monoisotopic (exact) mass is 197 g/mol. The summed E-state index contributed by atoms with van der Waals surface area (Å²) in [6, 6.07) is 0.